The summed E-state index contributed by atoms with van der Waals surface area (Å²) in [6.45, 7) is 10.1. The van der Waals surface area contributed by atoms with E-state index in [1.54, 1.807) is 11.2 Å². The molecule has 2 N–H and O–H groups in total. The van der Waals surface area contributed by atoms with Crippen LogP contribution in [0.5, 0.6) is 0 Å². The molecule has 3 rings (SSSR count). The van der Waals surface area contributed by atoms with Crippen molar-refractivity contribution in [3.63, 3.8) is 0 Å². The summed E-state index contributed by atoms with van der Waals surface area (Å²) in [5.41, 5.74) is -0.485. The van der Waals surface area contributed by atoms with Crippen LogP contribution in [0.15, 0.2) is 27.8 Å². The van der Waals surface area contributed by atoms with Gasteiger partial charge in [0.1, 0.15) is 11.4 Å². The van der Waals surface area contributed by atoms with Gasteiger partial charge in [-0.05, 0) is 52.2 Å². The highest BCUT2D eigenvalue weighted by Gasteiger charge is 2.28. The molecular weight excluding hydrogens is 511 g/mol. The summed E-state index contributed by atoms with van der Waals surface area (Å²) >= 11 is 0. The molecule has 0 saturated carbocycles. The molecule has 0 aliphatic carbocycles. The molecule has 0 radical (unpaired) electrons. The average molecular weight is 548 g/mol. The van der Waals surface area contributed by atoms with Crippen LogP contribution in [0.25, 0.3) is 0 Å². The van der Waals surface area contributed by atoms with Crippen molar-refractivity contribution in [3.05, 3.63) is 24.2 Å². The molecule has 2 unspecified atom stereocenters. The monoisotopic (exact) mass is 548 g/mol. The maximum Gasteiger partial charge on any atom is 0.410 e. The Bertz CT molecular complexity index is 684. The Labute approximate surface area is 202 Å². The Balaban J connectivity index is 0.00000341. The highest BCUT2D eigenvalue weighted by Crippen LogP contribution is 2.16. The van der Waals surface area contributed by atoms with Crippen LogP contribution in [0.2, 0.25) is 0 Å². The minimum absolute atomic E-state index is 0. The number of rotatable bonds is 6. The van der Waals surface area contributed by atoms with Gasteiger partial charge < -0.3 is 29.4 Å². The third-order valence-electron chi connectivity index (χ3n) is 5.19. The van der Waals surface area contributed by atoms with Gasteiger partial charge in [0.15, 0.2) is 5.96 Å². The number of ether oxygens (including phenoxy) is 2. The average Bonchev–Trinajstić information content (AvgIpc) is 3.39. The van der Waals surface area contributed by atoms with E-state index in [1.807, 2.05) is 32.9 Å². The molecule has 0 aromatic carbocycles. The Kier molecular flexibility index (Phi) is 10.4. The van der Waals surface area contributed by atoms with Crippen molar-refractivity contribution in [1.82, 2.24) is 15.5 Å². The van der Waals surface area contributed by atoms with E-state index in [9.17, 15) is 4.79 Å². The van der Waals surface area contributed by atoms with Crippen molar-refractivity contribution in [3.8, 4) is 0 Å². The van der Waals surface area contributed by atoms with Crippen LogP contribution < -0.4 is 10.6 Å². The Morgan fingerprint density at radius 3 is 2.87 bits per heavy atom. The highest BCUT2D eigenvalue weighted by molar-refractivity contribution is 14.0. The molecule has 176 valence electrons. The molecule has 1 amide bonds. The van der Waals surface area contributed by atoms with Gasteiger partial charge in [0, 0.05) is 51.2 Å². The second-order valence-corrected chi connectivity index (χ2v) is 9.08. The Hall–Kier alpha value is -1.49. The first kappa shape index (κ1) is 25.8. The first-order chi connectivity index (χ1) is 14.4. The molecule has 1 aromatic heterocycles. The van der Waals surface area contributed by atoms with Crippen LogP contribution in [-0.4, -0.2) is 68.0 Å². The summed E-state index contributed by atoms with van der Waals surface area (Å²) in [4.78, 5) is 19.0. The second kappa shape index (κ2) is 12.5. The van der Waals surface area contributed by atoms with E-state index in [0.717, 1.165) is 70.3 Å². The van der Waals surface area contributed by atoms with E-state index in [4.69, 9.17) is 18.9 Å². The number of nitrogens with zero attached hydrogens (tertiary/aromatic N) is 2. The molecule has 0 bridgehead atoms. The van der Waals surface area contributed by atoms with Crippen LogP contribution in [0.3, 0.4) is 0 Å². The van der Waals surface area contributed by atoms with Crippen molar-refractivity contribution < 1.29 is 18.7 Å². The van der Waals surface area contributed by atoms with E-state index in [-0.39, 0.29) is 36.1 Å². The number of likely N-dealkylation sites (tertiary alicyclic amines) is 1. The summed E-state index contributed by atoms with van der Waals surface area (Å²) in [6, 6.07) is 4.01. The lowest BCUT2D eigenvalue weighted by molar-refractivity contribution is 0.0193. The molecule has 2 saturated heterocycles. The maximum absolute atomic E-state index is 12.5. The largest absolute Gasteiger partial charge is 0.469 e. The lowest BCUT2D eigenvalue weighted by atomic mass is 10.1. The number of nitrogens with one attached hydrogen (secondary N) is 2. The van der Waals surface area contributed by atoms with Crippen LogP contribution in [0.4, 0.5) is 4.79 Å². The molecule has 2 aliphatic rings. The van der Waals surface area contributed by atoms with Crippen LogP contribution in [0.1, 0.15) is 45.8 Å². The molecule has 2 aliphatic heterocycles. The zero-order valence-corrected chi connectivity index (χ0v) is 21.2. The first-order valence-corrected chi connectivity index (χ1v) is 11.0. The molecule has 31 heavy (non-hydrogen) atoms. The number of piperidine rings is 1. The number of aliphatic imine (C=N–C) groups is 1. The van der Waals surface area contributed by atoms with Gasteiger partial charge in [-0.15, -0.1) is 24.0 Å². The van der Waals surface area contributed by atoms with Crippen LogP contribution in [0, 0.1) is 5.92 Å². The normalized spacial score (nSPS) is 22.0. The molecule has 9 heteroatoms. The van der Waals surface area contributed by atoms with E-state index in [2.05, 4.69) is 10.6 Å². The maximum atomic E-state index is 12.5. The standard InChI is InChI=1S/C22H36N4O4.HI/c1-22(2,3)30-21(27)26-11-4-6-18(15-26)25-20(24-14-17-9-13-28-16-17)23-10-8-19-7-5-12-29-19;/h5,7,12,17-18H,4,6,8-11,13-16H2,1-3H3,(H2,23,24,25);1H. The van der Waals surface area contributed by atoms with Gasteiger partial charge in [-0.2, -0.15) is 0 Å². The minimum Gasteiger partial charge on any atom is -0.469 e. The molecule has 8 nitrogen and oxygen atoms in total. The molecule has 2 fully saturated rings. The summed E-state index contributed by atoms with van der Waals surface area (Å²) in [5.74, 6) is 2.20. The highest BCUT2D eigenvalue weighted by atomic mass is 127. The van der Waals surface area contributed by atoms with Crippen molar-refractivity contribution >= 4 is 36.0 Å². The number of carbonyl (C=O) groups excluding carboxylic acids is 1. The first-order valence-electron chi connectivity index (χ1n) is 11.0. The van der Waals surface area contributed by atoms with Crippen molar-refractivity contribution in [2.75, 3.05) is 39.4 Å². The third-order valence-corrected chi connectivity index (χ3v) is 5.19. The van der Waals surface area contributed by atoms with E-state index >= 15 is 0 Å². The summed E-state index contributed by atoms with van der Waals surface area (Å²) in [7, 11) is 0. The lowest BCUT2D eigenvalue weighted by Crippen LogP contribution is -2.53. The number of hydrogen-bond acceptors (Lipinski definition) is 5. The molecule has 3 heterocycles. The van der Waals surface area contributed by atoms with Gasteiger partial charge in [0.2, 0.25) is 0 Å². The smallest absolute Gasteiger partial charge is 0.410 e. The molecule has 1 aromatic rings. The van der Waals surface area contributed by atoms with Gasteiger partial charge in [0.05, 0.1) is 12.9 Å². The minimum atomic E-state index is -0.485. The fraction of sp³-hybridized carbons (Fsp3) is 0.727. The van der Waals surface area contributed by atoms with Crippen molar-refractivity contribution in [2.45, 2.75) is 58.1 Å². The van der Waals surface area contributed by atoms with Gasteiger partial charge >= 0.3 is 6.09 Å². The summed E-state index contributed by atoms with van der Waals surface area (Å²) in [6.07, 6.45) is 5.21. The van der Waals surface area contributed by atoms with Gasteiger partial charge in [-0.1, -0.05) is 0 Å². The predicted molar refractivity (Wildman–Crippen MR) is 131 cm³/mol. The lowest BCUT2D eigenvalue weighted by Gasteiger charge is -2.35. The Morgan fingerprint density at radius 2 is 2.19 bits per heavy atom. The zero-order chi connectivity index (χ0) is 21.4. The van der Waals surface area contributed by atoms with E-state index in [1.165, 1.54) is 0 Å². The van der Waals surface area contributed by atoms with Gasteiger partial charge in [0.25, 0.3) is 0 Å². The summed E-state index contributed by atoms with van der Waals surface area (Å²) in [5, 5.41) is 6.94. The fourth-order valence-corrected chi connectivity index (χ4v) is 3.64. The topological polar surface area (TPSA) is 88.3 Å². The fourth-order valence-electron chi connectivity index (χ4n) is 3.64. The van der Waals surface area contributed by atoms with Crippen LogP contribution >= 0.6 is 24.0 Å². The molecule has 0 spiro atoms. The number of carbonyl (C=O) groups is 1. The predicted octanol–water partition coefficient (Wildman–Crippen LogP) is 3.41. The third kappa shape index (κ3) is 9.26. The Morgan fingerprint density at radius 1 is 1.35 bits per heavy atom. The number of amides is 1. The molecule has 2 atom stereocenters. The van der Waals surface area contributed by atoms with Crippen LogP contribution in [-0.2, 0) is 15.9 Å². The zero-order valence-electron chi connectivity index (χ0n) is 18.9. The molecular formula is C22H37IN4O4. The van der Waals surface area contributed by atoms with E-state index in [0.29, 0.717) is 12.5 Å². The summed E-state index contributed by atoms with van der Waals surface area (Å²) < 4.78 is 16.4. The number of hydrogen-bond donors (Lipinski definition) is 2. The SMILES string of the molecule is CC(C)(C)OC(=O)N1CCCC(NC(=NCC2CCOC2)NCCc2ccco2)C1.I. The van der Waals surface area contributed by atoms with Crippen molar-refractivity contribution in [1.29, 1.82) is 0 Å². The van der Waals surface area contributed by atoms with Crippen molar-refractivity contribution in [2.24, 2.45) is 10.9 Å². The number of furan rings is 1. The quantitative estimate of drug-likeness (QED) is 0.322. The van der Waals surface area contributed by atoms with Gasteiger partial charge in [-0.3, -0.25) is 4.99 Å². The van der Waals surface area contributed by atoms with E-state index < -0.39 is 5.60 Å². The number of guanidine groups is 1. The second-order valence-electron chi connectivity index (χ2n) is 9.08. The van der Waals surface area contributed by atoms with Gasteiger partial charge in [-0.25, -0.2) is 4.79 Å². The number of halogens is 1.